The summed E-state index contributed by atoms with van der Waals surface area (Å²) in [6.45, 7) is 7.44. The summed E-state index contributed by atoms with van der Waals surface area (Å²) in [7, 11) is 0. The second-order valence-electron chi connectivity index (χ2n) is 9.33. The summed E-state index contributed by atoms with van der Waals surface area (Å²) >= 11 is 0. The lowest BCUT2D eigenvalue weighted by Gasteiger charge is -2.30. The summed E-state index contributed by atoms with van der Waals surface area (Å²) in [4.78, 5) is 11.9. The second kappa shape index (κ2) is 11.5. The molecule has 1 unspecified atom stereocenters. The van der Waals surface area contributed by atoms with Crippen LogP contribution in [0.3, 0.4) is 0 Å². The minimum Gasteiger partial charge on any atom is -0.370 e. The van der Waals surface area contributed by atoms with Crippen LogP contribution < -0.4 is 11.1 Å². The minimum absolute atomic E-state index is 0.178. The molecule has 1 atom stereocenters. The highest BCUT2D eigenvalue weighted by atomic mass is 16.1. The molecular formula is C26H41N3O. The zero-order chi connectivity index (χ0) is 21.3. The Kier molecular flexibility index (Phi) is 8.80. The fourth-order valence-electron chi connectivity index (χ4n) is 5.36. The first-order chi connectivity index (χ1) is 14.6. The first kappa shape index (κ1) is 22.9. The van der Waals surface area contributed by atoms with Crippen molar-refractivity contribution >= 4 is 16.8 Å². The van der Waals surface area contributed by atoms with Gasteiger partial charge in [-0.15, -0.1) is 0 Å². The Morgan fingerprint density at radius 2 is 1.77 bits per heavy atom. The predicted molar refractivity (Wildman–Crippen MR) is 127 cm³/mol. The van der Waals surface area contributed by atoms with Crippen LogP contribution in [-0.4, -0.2) is 23.6 Å². The summed E-state index contributed by atoms with van der Waals surface area (Å²) in [5.74, 6) is 1.38. The zero-order valence-electron chi connectivity index (χ0n) is 19.0. The molecule has 2 aliphatic rings. The number of carbonyl (C=O) groups is 1. The first-order valence-electron chi connectivity index (χ1n) is 12.2. The van der Waals surface area contributed by atoms with Crippen molar-refractivity contribution < 1.29 is 4.79 Å². The molecule has 0 radical (unpaired) electrons. The molecule has 4 rings (SSSR count). The Hall–Kier alpha value is -1.81. The smallest absolute Gasteiger partial charge is 0.218 e. The highest BCUT2D eigenvalue weighted by Crippen LogP contribution is 2.39. The van der Waals surface area contributed by atoms with Gasteiger partial charge in [0.1, 0.15) is 0 Å². The van der Waals surface area contributed by atoms with Gasteiger partial charge in [0.05, 0.1) is 0 Å². The molecule has 2 fully saturated rings. The maximum atomic E-state index is 11.9. The molecule has 1 aliphatic heterocycles. The summed E-state index contributed by atoms with van der Waals surface area (Å²) in [6.07, 6.45) is 13.1. The molecule has 2 heterocycles. The number of piperidine rings is 1. The van der Waals surface area contributed by atoms with Crippen molar-refractivity contribution in [1.29, 1.82) is 0 Å². The van der Waals surface area contributed by atoms with Gasteiger partial charge in [0.25, 0.3) is 0 Å². The Balaban J connectivity index is 0.000000806. The van der Waals surface area contributed by atoms with E-state index in [0.29, 0.717) is 12.3 Å². The lowest BCUT2D eigenvalue weighted by molar-refractivity contribution is -0.118. The third kappa shape index (κ3) is 5.87. The predicted octanol–water partition coefficient (Wildman–Crippen LogP) is 5.60. The molecule has 1 amide bonds. The van der Waals surface area contributed by atoms with E-state index in [9.17, 15) is 4.79 Å². The molecule has 4 heteroatoms. The maximum Gasteiger partial charge on any atom is 0.218 e. The highest BCUT2D eigenvalue weighted by Gasteiger charge is 2.29. The number of benzene rings is 1. The molecule has 1 aliphatic carbocycles. The number of hydrogen-bond acceptors (Lipinski definition) is 2. The van der Waals surface area contributed by atoms with Gasteiger partial charge in [0.2, 0.25) is 5.91 Å². The largest absolute Gasteiger partial charge is 0.370 e. The van der Waals surface area contributed by atoms with Crippen molar-refractivity contribution in [1.82, 2.24) is 9.88 Å². The number of rotatable bonds is 6. The SMILES string of the molecule is CCC.NC(=O)CC(c1cn(CC2CCCCC2)c2ccccc12)C1CCNCC1. The summed E-state index contributed by atoms with van der Waals surface area (Å²) in [5, 5.41) is 4.77. The minimum atomic E-state index is -0.178. The molecule has 2 aromatic rings. The van der Waals surface area contributed by atoms with Crippen LogP contribution >= 0.6 is 0 Å². The van der Waals surface area contributed by atoms with Crippen LogP contribution in [0.15, 0.2) is 30.5 Å². The van der Waals surface area contributed by atoms with E-state index >= 15 is 0 Å². The summed E-state index contributed by atoms with van der Waals surface area (Å²) < 4.78 is 2.47. The lowest BCUT2D eigenvalue weighted by atomic mass is 9.78. The quantitative estimate of drug-likeness (QED) is 0.650. The highest BCUT2D eigenvalue weighted by molar-refractivity contribution is 5.85. The average Bonchev–Trinajstić information content (AvgIpc) is 3.12. The van der Waals surface area contributed by atoms with Crippen LogP contribution in [0.2, 0.25) is 0 Å². The monoisotopic (exact) mass is 411 g/mol. The first-order valence-corrected chi connectivity index (χ1v) is 12.2. The van der Waals surface area contributed by atoms with Crippen LogP contribution in [0.1, 0.15) is 83.1 Å². The molecule has 0 spiro atoms. The molecular weight excluding hydrogens is 370 g/mol. The van der Waals surface area contributed by atoms with E-state index < -0.39 is 0 Å². The van der Waals surface area contributed by atoms with Gasteiger partial charge >= 0.3 is 0 Å². The van der Waals surface area contributed by atoms with Crippen LogP contribution in [0.5, 0.6) is 0 Å². The van der Waals surface area contributed by atoms with Crippen molar-refractivity contribution in [2.75, 3.05) is 13.1 Å². The van der Waals surface area contributed by atoms with E-state index in [0.717, 1.165) is 38.4 Å². The van der Waals surface area contributed by atoms with Crippen molar-refractivity contribution in [2.45, 2.75) is 84.1 Å². The topological polar surface area (TPSA) is 60.1 Å². The molecule has 4 nitrogen and oxygen atoms in total. The third-order valence-corrected chi connectivity index (χ3v) is 6.77. The molecule has 1 saturated heterocycles. The fraction of sp³-hybridized carbons (Fsp3) is 0.654. The number of amides is 1. The molecule has 1 aromatic carbocycles. The van der Waals surface area contributed by atoms with E-state index in [1.807, 2.05) is 0 Å². The molecule has 3 N–H and O–H groups in total. The van der Waals surface area contributed by atoms with Gasteiger partial charge in [-0.3, -0.25) is 4.79 Å². The van der Waals surface area contributed by atoms with Crippen LogP contribution in [-0.2, 0) is 11.3 Å². The molecule has 1 aromatic heterocycles. The van der Waals surface area contributed by atoms with Gasteiger partial charge in [-0.1, -0.05) is 57.7 Å². The number of carbonyl (C=O) groups excluding carboxylic acids is 1. The molecule has 30 heavy (non-hydrogen) atoms. The number of hydrogen-bond donors (Lipinski definition) is 2. The van der Waals surface area contributed by atoms with Gasteiger partial charge in [-0.2, -0.15) is 0 Å². The second-order valence-corrected chi connectivity index (χ2v) is 9.33. The van der Waals surface area contributed by atoms with Gasteiger partial charge in [0.15, 0.2) is 0 Å². The maximum absolute atomic E-state index is 11.9. The Labute approximate surface area is 182 Å². The Morgan fingerprint density at radius 3 is 2.43 bits per heavy atom. The number of nitrogens with zero attached hydrogens (tertiary/aromatic N) is 1. The number of nitrogens with one attached hydrogen (secondary N) is 1. The molecule has 0 bridgehead atoms. The van der Waals surface area contributed by atoms with Crippen LogP contribution in [0.4, 0.5) is 0 Å². The van der Waals surface area contributed by atoms with Gasteiger partial charge < -0.3 is 15.6 Å². The fourth-order valence-corrected chi connectivity index (χ4v) is 5.36. The Bertz CT molecular complexity index is 785. The number of nitrogens with two attached hydrogens (primary N) is 1. The van der Waals surface area contributed by atoms with Crippen LogP contribution in [0.25, 0.3) is 10.9 Å². The van der Waals surface area contributed by atoms with Crippen molar-refractivity contribution in [2.24, 2.45) is 17.6 Å². The third-order valence-electron chi connectivity index (χ3n) is 6.77. The summed E-state index contributed by atoms with van der Waals surface area (Å²) in [6, 6.07) is 8.74. The summed E-state index contributed by atoms with van der Waals surface area (Å²) in [5.41, 5.74) is 8.34. The van der Waals surface area contributed by atoms with Crippen molar-refractivity contribution in [3.63, 3.8) is 0 Å². The van der Waals surface area contributed by atoms with Gasteiger partial charge in [-0.25, -0.2) is 0 Å². The number of aromatic nitrogens is 1. The number of para-hydroxylation sites is 1. The van der Waals surface area contributed by atoms with Gasteiger partial charge in [-0.05, 0) is 68.2 Å². The standard InChI is InChI=1S/C23H33N3O.C3H8/c24-23(27)14-20(18-10-12-25-13-11-18)21-16-26(15-17-6-2-1-3-7-17)22-9-5-4-8-19(21)22;1-3-2/h4-5,8-9,16-18,20,25H,1-3,6-7,10-15H2,(H2,24,27);3H2,1-2H3. The number of fused-ring (bicyclic) bond motifs is 1. The van der Waals surface area contributed by atoms with Crippen LogP contribution in [0, 0.1) is 11.8 Å². The number of primary amides is 1. The van der Waals surface area contributed by atoms with E-state index in [2.05, 4.69) is 54.2 Å². The van der Waals surface area contributed by atoms with E-state index in [-0.39, 0.29) is 11.8 Å². The molecule has 166 valence electrons. The zero-order valence-corrected chi connectivity index (χ0v) is 19.0. The van der Waals surface area contributed by atoms with Gasteiger partial charge in [0, 0.05) is 30.1 Å². The van der Waals surface area contributed by atoms with E-state index in [4.69, 9.17) is 5.73 Å². The van der Waals surface area contributed by atoms with Crippen molar-refractivity contribution in [3.05, 3.63) is 36.0 Å². The average molecular weight is 412 g/mol. The van der Waals surface area contributed by atoms with E-state index in [1.165, 1.54) is 55.0 Å². The molecule has 1 saturated carbocycles. The van der Waals surface area contributed by atoms with Crippen molar-refractivity contribution in [3.8, 4) is 0 Å². The normalized spacial score (nSPS) is 19.3. The Morgan fingerprint density at radius 1 is 1.10 bits per heavy atom. The van der Waals surface area contributed by atoms with E-state index in [1.54, 1.807) is 0 Å². The lowest BCUT2D eigenvalue weighted by Crippen LogP contribution is -2.32.